The van der Waals surface area contributed by atoms with Crippen LogP contribution >= 0.6 is 0 Å². The molecule has 1 atom stereocenters. The van der Waals surface area contributed by atoms with Crippen molar-refractivity contribution in [3.05, 3.63) is 29.8 Å². The lowest BCUT2D eigenvalue weighted by Crippen LogP contribution is -2.21. The number of carbonyl (C=O) groups excluding carboxylic acids is 2. The summed E-state index contributed by atoms with van der Waals surface area (Å²) in [5, 5.41) is 0. The number of cyclic esters (lactones) is 1. The van der Waals surface area contributed by atoms with E-state index in [9.17, 15) is 9.59 Å². The summed E-state index contributed by atoms with van der Waals surface area (Å²) in [5.41, 5.74) is 0.749. The van der Waals surface area contributed by atoms with Gasteiger partial charge in [-0.15, -0.1) is 0 Å². The number of ether oxygens (including phenoxy) is 4. The predicted octanol–water partition coefficient (Wildman–Crippen LogP) is 1.58. The van der Waals surface area contributed by atoms with Crippen LogP contribution in [0.4, 0.5) is 0 Å². The normalized spacial score (nSPS) is 17.6. The Bertz CT molecular complexity index is 563. The average molecular weight is 292 g/mol. The van der Waals surface area contributed by atoms with Crippen LogP contribution in [0.2, 0.25) is 0 Å². The van der Waals surface area contributed by atoms with Crippen molar-refractivity contribution in [2.24, 2.45) is 0 Å². The first-order valence-electron chi connectivity index (χ1n) is 6.41. The van der Waals surface area contributed by atoms with Crippen LogP contribution in [0.5, 0.6) is 11.5 Å². The largest absolute Gasteiger partial charge is 0.493 e. The van der Waals surface area contributed by atoms with Crippen molar-refractivity contribution < 1.29 is 28.5 Å². The Balaban J connectivity index is 2.00. The van der Waals surface area contributed by atoms with Gasteiger partial charge in [0.15, 0.2) is 11.5 Å². The van der Waals surface area contributed by atoms with E-state index in [1.807, 2.05) is 0 Å². The molecule has 112 valence electrons. The lowest BCUT2D eigenvalue weighted by molar-refractivity contribution is -0.156. The number of esters is 2. The fourth-order valence-electron chi connectivity index (χ4n) is 1.88. The Morgan fingerprint density at radius 2 is 2.05 bits per heavy atom. The van der Waals surface area contributed by atoms with Gasteiger partial charge in [0.05, 0.1) is 20.8 Å². The molecule has 0 saturated carbocycles. The minimum absolute atomic E-state index is 0.288. The Morgan fingerprint density at radius 1 is 1.29 bits per heavy atom. The molecule has 6 nitrogen and oxygen atoms in total. The smallest absolute Gasteiger partial charge is 0.347 e. The molecule has 1 heterocycles. The molecule has 1 aromatic carbocycles. The molecule has 0 radical (unpaired) electrons. The van der Waals surface area contributed by atoms with Gasteiger partial charge in [-0.05, 0) is 23.8 Å². The van der Waals surface area contributed by atoms with Gasteiger partial charge in [0.25, 0.3) is 0 Å². The summed E-state index contributed by atoms with van der Waals surface area (Å²) in [6.07, 6.45) is 2.43. The zero-order valence-corrected chi connectivity index (χ0v) is 11.8. The molecule has 1 aliphatic heterocycles. The van der Waals surface area contributed by atoms with E-state index in [4.69, 9.17) is 18.9 Å². The Hall–Kier alpha value is -2.50. The highest BCUT2D eigenvalue weighted by Gasteiger charge is 2.29. The summed E-state index contributed by atoms with van der Waals surface area (Å²) < 4.78 is 20.0. The quantitative estimate of drug-likeness (QED) is 0.606. The first-order chi connectivity index (χ1) is 10.1. The molecule has 0 spiro atoms. The molecule has 0 unspecified atom stereocenters. The van der Waals surface area contributed by atoms with Gasteiger partial charge in [-0.25, -0.2) is 9.59 Å². The van der Waals surface area contributed by atoms with Crippen LogP contribution < -0.4 is 9.47 Å². The molecule has 0 amide bonds. The van der Waals surface area contributed by atoms with E-state index in [1.54, 1.807) is 31.4 Å². The van der Waals surface area contributed by atoms with Gasteiger partial charge in [-0.1, -0.05) is 6.07 Å². The van der Waals surface area contributed by atoms with Crippen molar-refractivity contribution in [3.8, 4) is 11.5 Å². The lowest BCUT2D eigenvalue weighted by Gasteiger charge is -2.08. The molecule has 1 aromatic rings. The first kappa shape index (κ1) is 14.9. The molecular weight excluding hydrogens is 276 g/mol. The highest BCUT2D eigenvalue weighted by atomic mass is 16.6. The van der Waals surface area contributed by atoms with Crippen LogP contribution in [-0.2, 0) is 19.1 Å². The van der Waals surface area contributed by atoms with Gasteiger partial charge in [-0.2, -0.15) is 0 Å². The molecule has 6 heteroatoms. The zero-order chi connectivity index (χ0) is 15.2. The van der Waals surface area contributed by atoms with E-state index in [0.29, 0.717) is 17.9 Å². The highest BCUT2D eigenvalue weighted by Crippen LogP contribution is 2.27. The molecule has 1 saturated heterocycles. The summed E-state index contributed by atoms with van der Waals surface area (Å²) in [6, 6.07) is 5.24. The van der Waals surface area contributed by atoms with Gasteiger partial charge >= 0.3 is 11.9 Å². The second-order valence-corrected chi connectivity index (χ2v) is 4.33. The second kappa shape index (κ2) is 6.78. The van der Waals surface area contributed by atoms with Gasteiger partial charge in [0.2, 0.25) is 6.10 Å². The van der Waals surface area contributed by atoms with Crippen LogP contribution in [0, 0.1) is 0 Å². The SMILES string of the molecule is COc1ccc(/C=C/C(=O)O[C@@H]2CCOC2=O)cc1OC. The van der Waals surface area contributed by atoms with Crippen molar-refractivity contribution in [1.82, 2.24) is 0 Å². The van der Waals surface area contributed by atoms with Crippen molar-refractivity contribution in [3.63, 3.8) is 0 Å². The lowest BCUT2D eigenvalue weighted by atomic mass is 10.2. The Labute approximate surface area is 122 Å². The molecule has 0 N–H and O–H groups in total. The van der Waals surface area contributed by atoms with Gasteiger partial charge in [-0.3, -0.25) is 0 Å². The van der Waals surface area contributed by atoms with E-state index in [-0.39, 0.29) is 6.61 Å². The van der Waals surface area contributed by atoms with E-state index in [2.05, 4.69) is 0 Å². The first-order valence-corrected chi connectivity index (χ1v) is 6.41. The second-order valence-electron chi connectivity index (χ2n) is 4.33. The molecule has 0 aliphatic carbocycles. The van der Waals surface area contributed by atoms with E-state index in [1.165, 1.54) is 13.2 Å². The number of benzene rings is 1. The third kappa shape index (κ3) is 3.75. The number of carbonyl (C=O) groups is 2. The van der Waals surface area contributed by atoms with Crippen LogP contribution in [0.15, 0.2) is 24.3 Å². The number of methoxy groups -OCH3 is 2. The fourth-order valence-corrected chi connectivity index (χ4v) is 1.88. The average Bonchev–Trinajstić information content (AvgIpc) is 2.90. The topological polar surface area (TPSA) is 71.1 Å². The minimum Gasteiger partial charge on any atom is -0.493 e. The van der Waals surface area contributed by atoms with Crippen LogP contribution in [0.3, 0.4) is 0 Å². The van der Waals surface area contributed by atoms with E-state index in [0.717, 1.165) is 5.56 Å². The maximum Gasteiger partial charge on any atom is 0.347 e. The van der Waals surface area contributed by atoms with Crippen LogP contribution in [-0.4, -0.2) is 38.9 Å². The maximum atomic E-state index is 11.6. The van der Waals surface area contributed by atoms with Gasteiger partial charge < -0.3 is 18.9 Å². The monoisotopic (exact) mass is 292 g/mol. The highest BCUT2D eigenvalue weighted by molar-refractivity contribution is 5.89. The molecule has 2 rings (SSSR count). The van der Waals surface area contributed by atoms with Crippen molar-refractivity contribution in [1.29, 1.82) is 0 Å². The molecular formula is C15H16O6. The van der Waals surface area contributed by atoms with Crippen molar-refractivity contribution in [2.45, 2.75) is 12.5 Å². The van der Waals surface area contributed by atoms with Gasteiger partial charge in [0.1, 0.15) is 0 Å². The maximum absolute atomic E-state index is 11.6. The summed E-state index contributed by atoms with van der Waals surface area (Å²) >= 11 is 0. The van der Waals surface area contributed by atoms with Crippen LogP contribution in [0.1, 0.15) is 12.0 Å². The molecule has 0 bridgehead atoms. The van der Waals surface area contributed by atoms with Crippen molar-refractivity contribution in [2.75, 3.05) is 20.8 Å². The number of hydrogen-bond acceptors (Lipinski definition) is 6. The van der Waals surface area contributed by atoms with E-state index < -0.39 is 18.0 Å². The summed E-state index contributed by atoms with van der Waals surface area (Å²) in [7, 11) is 3.08. The number of rotatable bonds is 5. The zero-order valence-electron chi connectivity index (χ0n) is 11.8. The summed E-state index contributed by atoms with van der Waals surface area (Å²) in [6.45, 7) is 0.288. The summed E-state index contributed by atoms with van der Waals surface area (Å²) in [5.74, 6) is 0.0785. The third-order valence-corrected chi connectivity index (χ3v) is 2.97. The Morgan fingerprint density at radius 3 is 2.67 bits per heavy atom. The molecule has 1 aliphatic rings. The summed E-state index contributed by atoms with van der Waals surface area (Å²) in [4.78, 5) is 22.8. The Kier molecular flexibility index (Phi) is 4.81. The minimum atomic E-state index is -0.799. The molecule has 0 aromatic heterocycles. The predicted molar refractivity (Wildman–Crippen MR) is 74.0 cm³/mol. The van der Waals surface area contributed by atoms with Crippen LogP contribution in [0.25, 0.3) is 6.08 Å². The fraction of sp³-hybridized carbons (Fsp3) is 0.333. The third-order valence-electron chi connectivity index (χ3n) is 2.97. The number of hydrogen-bond donors (Lipinski definition) is 0. The van der Waals surface area contributed by atoms with E-state index >= 15 is 0 Å². The standard InChI is InChI=1S/C15H16O6/c1-18-11-5-3-10(9-13(11)19-2)4-6-14(16)21-12-7-8-20-15(12)17/h3-6,9,12H,7-8H2,1-2H3/b6-4+/t12-/m1/s1. The van der Waals surface area contributed by atoms with Crippen molar-refractivity contribution >= 4 is 18.0 Å². The molecule has 21 heavy (non-hydrogen) atoms. The molecule has 1 fully saturated rings. The van der Waals surface area contributed by atoms with Gasteiger partial charge in [0, 0.05) is 12.5 Å².